The molecule has 1 aromatic heterocycles. The molecule has 0 saturated carbocycles. The lowest BCUT2D eigenvalue weighted by molar-refractivity contribution is -0.122. The van der Waals surface area contributed by atoms with E-state index in [-0.39, 0.29) is 18.2 Å². The molecule has 7 heteroatoms. The number of thiazole rings is 1. The summed E-state index contributed by atoms with van der Waals surface area (Å²) in [6.45, 7) is 4.21. The summed E-state index contributed by atoms with van der Waals surface area (Å²) in [6, 6.07) is 17.4. The fourth-order valence-electron chi connectivity index (χ4n) is 2.68. The predicted octanol–water partition coefficient (Wildman–Crippen LogP) is 4.05. The number of benzene rings is 2. The molecule has 0 spiro atoms. The van der Waals surface area contributed by atoms with Crippen LogP contribution < -0.4 is 15.6 Å². The maximum Gasteiger partial charge on any atom is 0.281 e. The lowest BCUT2D eigenvalue weighted by Gasteiger charge is -2.08. The van der Waals surface area contributed by atoms with E-state index < -0.39 is 0 Å². The van der Waals surface area contributed by atoms with Crippen LogP contribution in [-0.2, 0) is 4.79 Å². The highest BCUT2D eigenvalue weighted by Gasteiger charge is 2.16. The van der Waals surface area contributed by atoms with Gasteiger partial charge in [0.25, 0.3) is 5.91 Å². The third kappa shape index (κ3) is 5.89. The third-order valence-electron chi connectivity index (χ3n) is 4.15. The largest absolute Gasteiger partial charge is 0.494 e. The van der Waals surface area contributed by atoms with Crippen LogP contribution in [0, 0.1) is 13.8 Å². The van der Waals surface area contributed by atoms with Crippen LogP contribution in [0.25, 0.3) is 10.6 Å². The minimum absolute atomic E-state index is 0.253. The van der Waals surface area contributed by atoms with E-state index in [0.29, 0.717) is 23.6 Å². The highest BCUT2D eigenvalue weighted by Crippen LogP contribution is 2.27. The number of carbonyl (C=O) groups excluding carboxylic acids is 2. The Morgan fingerprint density at radius 1 is 1.03 bits per heavy atom. The molecule has 1 heterocycles. The second kappa shape index (κ2) is 9.84. The first-order valence-corrected chi connectivity index (χ1v) is 10.2. The van der Waals surface area contributed by atoms with Crippen LogP contribution in [0.3, 0.4) is 0 Å². The van der Waals surface area contributed by atoms with Gasteiger partial charge in [0, 0.05) is 12.0 Å². The molecule has 0 aliphatic carbocycles. The number of aromatic nitrogens is 1. The summed E-state index contributed by atoms with van der Waals surface area (Å²) in [5, 5.41) is 0.771. The Kier molecular flexibility index (Phi) is 6.97. The Hall–Kier alpha value is -3.19. The minimum atomic E-state index is -0.369. The van der Waals surface area contributed by atoms with Crippen LogP contribution in [0.1, 0.15) is 33.8 Å². The van der Waals surface area contributed by atoms with Gasteiger partial charge in [0.05, 0.1) is 12.3 Å². The molecular formula is C22H23N3O3S. The third-order valence-corrected chi connectivity index (χ3v) is 5.35. The molecule has 0 saturated heterocycles. The maximum absolute atomic E-state index is 12.4. The number of amides is 2. The van der Waals surface area contributed by atoms with Crippen LogP contribution in [0.5, 0.6) is 5.75 Å². The molecule has 3 aromatic rings. The van der Waals surface area contributed by atoms with Gasteiger partial charge in [-0.1, -0.05) is 42.5 Å². The summed E-state index contributed by atoms with van der Waals surface area (Å²) >= 11 is 1.30. The number of carbonyl (C=O) groups is 2. The predicted molar refractivity (Wildman–Crippen MR) is 114 cm³/mol. The zero-order valence-electron chi connectivity index (χ0n) is 16.4. The van der Waals surface area contributed by atoms with Gasteiger partial charge in [-0.3, -0.25) is 20.4 Å². The van der Waals surface area contributed by atoms with Crippen molar-refractivity contribution in [2.24, 2.45) is 0 Å². The van der Waals surface area contributed by atoms with Gasteiger partial charge in [0.2, 0.25) is 5.91 Å². The monoisotopic (exact) mass is 409 g/mol. The number of aryl methyl sites for hydroxylation is 2. The van der Waals surface area contributed by atoms with E-state index in [1.54, 1.807) is 6.92 Å². The second-order valence-electron chi connectivity index (χ2n) is 6.57. The average molecular weight is 410 g/mol. The summed E-state index contributed by atoms with van der Waals surface area (Å²) < 4.78 is 5.62. The van der Waals surface area contributed by atoms with Crippen molar-refractivity contribution in [3.63, 3.8) is 0 Å². The summed E-state index contributed by atoms with van der Waals surface area (Å²) in [6.07, 6.45) is 0.802. The highest BCUT2D eigenvalue weighted by atomic mass is 32.1. The van der Waals surface area contributed by atoms with Gasteiger partial charge in [0.1, 0.15) is 15.6 Å². The molecule has 3 rings (SSSR count). The van der Waals surface area contributed by atoms with Crippen molar-refractivity contribution in [3.8, 4) is 16.3 Å². The van der Waals surface area contributed by atoms with Crippen molar-refractivity contribution in [2.75, 3.05) is 6.61 Å². The van der Waals surface area contributed by atoms with Crippen LogP contribution in [0.2, 0.25) is 0 Å². The van der Waals surface area contributed by atoms with E-state index in [4.69, 9.17) is 4.74 Å². The number of hydrogen-bond donors (Lipinski definition) is 2. The first-order chi connectivity index (χ1) is 14.0. The number of hydrogen-bond acceptors (Lipinski definition) is 5. The van der Waals surface area contributed by atoms with E-state index in [9.17, 15) is 9.59 Å². The Morgan fingerprint density at radius 3 is 2.59 bits per heavy atom. The molecule has 0 atom stereocenters. The van der Waals surface area contributed by atoms with Crippen molar-refractivity contribution >= 4 is 23.2 Å². The second-order valence-corrected chi connectivity index (χ2v) is 7.57. The summed E-state index contributed by atoms with van der Waals surface area (Å²) in [4.78, 5) is 29.3. The molecule has 2 aromatic carbocycles. The maximum atomic E-state index is 12.4. The molecule has 29 heavy (non-hydrogen) atoms. The lowest BCUT2D eigenvalue weighted by atomic mass is 10.2. The SMILES string of the molecule is Cc1cccc(OCCCC(=O)NNC(=O)c2sc(-c3ccccc3)nc2C)c1. The zero-order valence-corrected chi connectivity index (χ0v) is 17.2. The molecule has 0 unspecified atom stereocenters. The first-order valence-electron chi connectivity index (χ1n) is 9.34. The van der Waals surface area contributed by atoms with Gasteiger partial charge < -0.3 is 4.74 Å². The quantitative estimate of drug-likeness (QED) is 0.456. The Morgan fingerprint density at radius 2 is 1.83 bits per heavy atom. The van der Waals surface area contributed by atoms with Crippen molar-refractivity contribution in [2.45, 2.75) is 26.7 Å². The minimum Gasteiger partial charge on any atom is -0.494 e. The highest BCUT2D eigenvalue weighted by molar-refractivity contribution is 7.17. The number of nitrogens with one attached hydrogen (secondary N) is 2. The van der Waals surface area contributed by atoms with Gasteiger partial charge in [-0.05, 0) is 38.0 Å². The van der Waals surface area contributed by atoms with E-state index in [0.717, 1.165) is 21.9 Å². The average Bonchev–Trinajstić information content (AvgIpc) is 3.12. The summed E-state index contributed by atoms with van der Waals surface area (Å²) in [7, 11) is 0. The molecule has 0 aliphatic heterocycles. The first kappa shape index (κ1) is 20.5. The molecule has 0 aliphatic rings. The van der Waals surface area contributed by atoms with Crippen molar-refractivity contribution in [3.05, 3.63) is 70.7 Å². The summed E-state index contributed by atoms with van der Waals surface area (Å²) in [5.41, 5.74) is 7.62. The molecular weight excluding hydrogens is 386 g/mol. The molecule has 150 valence electrons. The smallest absolute Gasteiger partial charge is 0.281 e. The van der Waals surface area contributed by atoms with Gasteiger partial charge in [-0.15, -0.1) is 11.3 Å². The van der Waals surface area contributed by atoms with Crippen LogP contribution in [0.15, 0.2) is 54.6 Å². The Balaban J connectivity index is 1.43. The molecule has 6 nitrogen and oxygen atoms in total. The number of ether oxygens (including phenoxy) is 1. The number of hydrazine groups is 1. The van der Waals surface area contributed by atoms with Crippen molar-refractivity contribution in [1.82, 2.24) is 15.8 Å². The van der Waals surface area contributed by atoms with Gasteiger partial charge >= 0.3 is 0 Å². The molecule has 0 radical (unpaired) electrons. The topological polar surface area (TPSA) is 80.3 Å². The fourth-order valence-corrected chi connectivity index (χ4v) is 3.65. The molecule has 2 amide bonds. The number of nitrogens with zero attached hydrogens (tertiary/aromatic N) is 1. The van der Waals surface area contributed by atoms with E-state index in [1.807, 2.05) is 61.5 Å². The van der Waals surface area contributed by atoms with Crippen molar-refractivity contribution in [1.29, 1.82) is 0 Å². The van der Waals surface area contributed by atoms with Crippen LogP contribution in [-0.4, -0.2) is 23.4 Å². The summed E-state index contributed by atoms with van der Waals surface area (Å²) in [5.74, 6) is 0.150. The van der Waals surface area contributed by atoms with Crippen LogP contribution >= 0.6 is 11.3 Å². The molecule has 2 N–H and O–H groups in total. The Labute approximate surface area is 173 Å². The van der Waals surface area contributed by atoms with E-state index in [1.165, 1.54) is 11.3 Å². The van der Waals surface area contributed by atoms with Gasteiger partial charge in [-0.2, -0.15) is 0 Å². The fraction of sp³-hybridized carbons (Fsp3) is 0.227. The van der Waals surface area contributed by atoms with Crippen molar-refractivity contribution < 1.29 is 14.3 Å². The standard InChI is InChI=1S/C22H23N3O3S/c1-15-8-6-11-18(14-15)28-13-7-12-19(26)24-25-21(27)20-16(2)23-22(29-20)17-9-4-3-5-10-17/h3-6,8-11,14H,7,12-13H2,1-2H3,(H,24,26)(H,25,27). The molecule has 0 bridgehead atoms. The van der Waals surface area contributed by atoms with E-state index in [2.05, 4.69) is 15.8 Å². The Bertz CT molecular complexity index is 986. The van der Waals surface area contributed by atoms with Crippen LogP contribution in [0.4, 0.5) is 0 Å². The van der Waals surface area contributed by atoms with Gasteiger partial charge in [-0.25, -0.2) is 4.98 Å². The molecule has 0 fully saturated rings. The zero-order chi connectivity index (χ0) is 20.6. The normalized spacial score (nSPS) is 10.4. The van der Waals surface area contributed by atoms with Gasteiger partial charge in [0.15, 0.2) is 0 Å². The lowest BCUT2D eigenvalue weighted by Crippen LogP contribution is -2.41. The number of rotatable bonds is 7. The van der Waals surface area contributed by atoms with E-state index >= 15 is 0 Å².